The molecule has 0 saturated heterocycles. The molecule has 0 saturated carbocycles. The summed E-state index contributed by atoms with van der Waals surface area (Å²) in [7, 11) is 1.47. The van der Waals surface area contributed by atoms with Gasteiger partial charge in [-0.25, -0.2) is 4.79 Å². The molecule has 0 atom stereocenters. The Morgan fingerprint density at radius 3 is 1.64 bits per heavy atom. The zero-order valence-electron chi connectivity index (χ0n) is 22.6. The monoisotopic (exact) mass is 592 g/mol. The van der Waals surface area contributed by atoms with Crippen LogP contribution in [0.1, 0.15) is 9.67 Å². The lowest BCUT2D eigenvalue weighted by Gasteiger charge is -2.03. The number of methoxy groups -OCH3 is 1. The maximum Gasteiger partial charge on any atom is 0.349 e. The van der Waals surface area contributed by atoms with Gasteiger partial charge in [-0.1, -0.05) is 4.49 Å². The van der Waals surface area contributed by atoms with Crippen molar-refractivity contribution in [3.8, 4) is 11.3 Å². The molecule has 42 heavy (non-hydrogen) atoms. The van der Waals surface area contributed by atoms with Crippen molar-refractivity contribution in [1.29, 1.82) is 0 Å². The molecule has 14 heteroatoms. The Bertz CT molecular complexity index is 1410. The van der Waals surface area contributed by atoms with E-state index in [-0.39, 0.29) is 17.4 Å². The topological polar surface area (TPSA) is 245 Å². The summed E-state index contributed by atoms with van der Waals surface area (Å²) in [6, 6.07) is 22.8. The van der Waals surface area contributed by atoms with Crippen molar-refractivity contribution in [2.24, 2.45) is 0 Å². The Kier molecular flexibility index (Phi) is 13.3. The highest BCUT2D eigenvalue weighted by Gasteiger charge is 2.17. The molecule has 0 aliphatic carbocycles. The zero-order valence-corrected chi connectivity index (χ0v) is 23.5. The van der Waals surface area contributed by atoms with E-state index in [9.17, 15) is 9.59 Å². The molecule has 2 aromatic heterocycles. The van der Waals surface area contributed by atoms with Crippen LogP contribution >= 0.6 is 11.5 Å². The number of carbonyl (C=O) groups excluding carboxylic acids is 1. The molecule has 2 heterocycles. The van der Waals surface area contributed by atoms with Crippen LogP contribution in [0.25, 0.3) is 11.3 Å². The number of hydrogen-bond donors (Lipinski definition) is 7. The number of nitrogens with one attached hydrogen (secondary N) is 1. The van der Waals surface area contributed by atoms with Gasteiger partial charge in [0.05, 0.1) is 12.5 Å². The normalized spacial score (nSPS) is 9.55. The molecule has 220 valence electrons. The third-order valence-electron chi connectivity index (χ3n) is 4.82. The van der Waals surface area contributed by atoms with E-state index in [1.807, 2.05) is 0 Å². The fourth-order valence-electron chi connectivity index (χ4n) is 2.81. The molecule has 12 N–H and O–H groups in total. The number of nitrogens with two attached hydrogens (primary N) is 5. The van der Waals surface area contributed by atoms with Gasteiger partial charge in [-0.15, -0.1) is 5.10 Å². The highest BCUT2D eigenvalue weighted by atomic mass is 32.1. The Morgan fingerprint density at radius 2 is 1.26 bits per heavy atom. The molecule has 5 aromatic rings. The highest BCUT2D eigenvalue weighted by molar-refractivity contribution is 7.08. The quantitative estimate of drug-likeness (QED) is 0.143. The first-order valence-electron chi connectivity index (χ1n) is 12.0. The molecular formula is C28H32N8O5S. The second-order valence-corrected chi connectivity index (χ2v) is 8.96. The smallest absolute Gasteiger partial charge is 0.349 e. The molecule has 3 aromatic carbocycles. The fourth-order valence-corrected chi connectivity index (χ4v) is 3.33. The first-order valence-corrected chi connectivity index (χ1v) is 12.8. The van der Waals surface area contributed by atoms with Crippen molar-refractivity contribution in [3.63, 3.8) is 0 Å². The van der Waals surface area contributed by atoms with Gasteiger partial charge in [-0.3, -0.25) is 4.79 Å². The van der Waals surface area contributed by atoms with Crippen molar-refractivity contribution >= 4 is 57.5 Å². The number of anilines is 6. The van der Waals surface area contributed by atoms with Crippen LogP contribution in [0.4, 0.5) is 34.1 Å². The van der Waals surface area contributed by atoms with Gasteiger partial charge in [0, 0.05) is 46.8 Å². The number of furan rings is 1. The summed E-state index contributed by atoms with van der Waals surface area (Å²) in [5.74, 6) is -1.20. The van der Waals surface area contributed by atoms with Crippen molar-refractivity contribution < 1.29 is 23.8 Å². The number of rotatable bonds is 5. The molecule has 0 spiro atoms. The lowest BCUT2D eigenvalue weighted by atomic mass is 10.2. The maximum atomic E-state index is 11.0. The number of aromatic nitrogens is 2. The Hall–Kier alpha value is -5.60. The summed E-state index contributed by atoms with van der Waals surface area (Å²) in [5, 5.41) is 15.1. The van der Waals surface area contributed by atoms with Crippen LogP contribution in [0.15, 0.2) is 95.8 Å². The summed E-state index contributed by atoms with van der Waals surface area (Å²) in [6.45, 7) is 0.0599. The predicted octanol–water partition coefficient (Wildman–Crippen LogP) is 4.05. The predicted molar refractivity (Wildman–Crippen MR) is 166 cm³/mol. The van der Waals surface area contributed by atoms with Crippen LogP contribution in [0, 0.1) is 0 Å². The number of carboxylic acid groups (broad SMARTS) is 1. The molecule has 5 rings (SSSR count). The molecule has 1 amide bonds. The Labute approximate surface area is 246 Å². The van der Waals surface area contributed by atoms with Gasteiger partial charge in [0.15, 0.2) is 4.88 Å². The summed E-state index contributed by atoms with van der Waals surface area (Å²) in [6.07, 6.45) is 2.89. The average molecular weight is 593 g/mol. The summed E-state index contributed by atoms with van der Waals surface area (Å²) in [5.41, 5.74) is 32.3. The van der Waals surface area contributed by atoms with E-state index in [0.29, 0.717) is 16.9 Å². The minimum atomic E-state index is -1.02. The number of carbonyl (C=O) groups is 2. The van der Waals surface area contributed by atoms with Crippen LogP contribution in [-0.2, 0) is 9.53 Å². The molecule has 0 aliphatic heterocycles. The largest absolute Gasteiger partial charge is 0.477 e. The van der Waals surface area contributed by atoms with E-state index in [1.54, 1.807) is 78.9 Å². The number of nitrogens with zero attached hydrogens (tertiary/aromatic N) is 2. The second kappa shape index (κ2) is 17.2. The van der Waals surface area contributed by atoms with E-state index in [1.165, 1.54) is 19.6 Å². The average Bonchev–Trinajstić information content (AvgIpc) is 3.67. The third-order valence-corrected chi connectivity index (χ3v) is 5.53. The summed E-state index contributed by atoms with van der Waals surface area (Å²) >= 11 is 0.854. The van der Waals surface area contributed by atoms with Crippen molar-refractivity contribution in [2.75, 3.05) is 47.7 Å². The van der Waals surface area contributed by atoms with Crippen LogP contribution in [0.5, 0.6) is 0 Å². The maximum absolute atomic E-state index is 11.0. The van der Waals surface area contributed by atoms with E-state index in [2.05, 4.69) is 19.6 Å². The van der Waals surface area contributed by atoms with E-state index in [0.717, 1.165) is 40.0 Å². The second-order valence-electron chi connectivity index (χ2n) is 8.20. The molecular weight excluding hydrogens is 560 g/mol. The zero-order chi connectivity index (χ0) is 30.9. The van der Waals surface area contributed by atoms with Gasteiger partial charge < -0.3 is 48.2 Å². The van der Waals surface area contributed by atoms with E-state index >= 15 is 0 Å². The number of benzene rings is 3. The van der Waals surface area contributed by atoms with E-state index < -0.39 is 5.97 Å². The van der Waals surface area contributed by atoms with Crippen LogP contribution < -0.4 is 34.0 Å². The van der Waals surface area contributed by atoms with Gasteiger partial charge in [0.1, 0.15) is 12.3 Å². The number of hydrogen-bond acceptors (Lipinski definition) is 12. The molecule has 13 nitrogen and oxygen atoms in total. The number of carboxylic acids is 1. The lowest BCUT2D eigenvalue weighted by Crippen LogP contribution is -2.16. The van der Waals surface area contributed by atoms with Crippen LogP contribution in [0.2, 0.25) is 0 Å². The number of nitrogen functional groups attached to an aromatic ring is 5. The number of aromatic carboxylic acids is 1. The third kappa shape index (κ3) is 12.1. The molecule has 0 radical (unpaired) electrons. The lowest BCUT2D eigenvalue weighted by molar-refractivity contribution is -0.119. The highest BCUT2D eigenvalue weighted by Crippen LogP contribution is 2.23. The standard InChI is InChI=1S/C9H12N2O2.C7H4N2O3S.2C6H8N2/c1-13-6-9(12)11-8-4-2-7(10)3-5-8;10-7(11)6-5(8-9-13-6)4-1-2-12-3-4;2*7-5-1-2-6(8)4-3-5/h2-5H,6,10H2,1H3,(H,11,12);1-3H,(H,10,11);2*1-4H,7-8H2. The first-order chi connectivity index (χ1) is 20.1. The molecule has 0 aliphatic rings. The minimum absolute atomic E-state index is 0.0599. The molecule has 0 bridgehead atoms. The van der Waals surface area contributed by atoms with Gasteiger partial charge in [-0.05, 0) is 90.4 Å². The van der Waals surface area contributed by atoms with E-state index in [4.69, 9.17) is 38.2 Å². The Morgan fingerprint density at radius 1 is 0.810 bits per heavy atom. The van der Waals surface area contributed by atoms with Crippen LogP contribution in [0.3, 0.4) is 0 Å². The summed E-state index contributed by atoms with van der Waals surface area (Å²) in [4.78, 5) is 21.8. The minimum Gasteiger partial charge on any atom is -0.477 e. The Balaban J connectivity index is 0.000000201. The van der Waals surface area contributed by atoms with Crippen molar-refractivity contribution in [2.45, 2.75) is 0 Å². The SMILES string of the molecule is COCC(=O)Nc1ccc(N)cc1.Nc1ccc(N)cc1.Nc1ccc(N)cc1.O=C(O)c1snnc1-c1ccoc1. The van der Waals surface area contributed by atoms with Gasteiger partial charge >= 0.3 is 5.97 Å². The van der Waals surface area contributed by atoms with Crippen molar-refractivity contribution in [3.05, 3.63) is 96.3 Å². The summed E-state index contributed by atoms with van der Waals surface area (Å²) < 4.78 is 13.0. The van der Waals surface area contributed by atoms with Gasteiger partial charge in [0.25, 0.3) is 0 Å². The molecule has 0 fully saturated rings. The van der Waals surface area contributed by atoms with Crippen LogP contribution in [-0.4, -0.2) is 40.3 Å². The van der Waals surface area contributed by atoms with Gasteiger partial charge in [-0.2, -0.15) is 0 Å². The number of ether oxygens (including phenoxy) is 1. The van der Waals surface area contributed by atoms with Gasteiger partial charge in [0.2, 0.25) is 5.91 Å². The molecule has 0 unspecified atom stereocenters. The number of amides is 1. The van der Waals surface area contributed by atoms with Crippen molar-refractivity contribution in [1.82, 2.24) is 9.59 Å². The first kappa shape index (κ1) is 32.6. The fraction of sp³-hybridized carbons (Fsp3) is 0.0714.